The van der Waals surface area contributed by atoms with E-state index < -0.39 is 11.9 Å². The summed E-state index contributed by atoms with van der Waals surface area (Å²) in [6.45, 7) is 3.65. The van der Waals surface area contributed by atoms with Crippen LogP contribution in [0.2, 0.25) is 0 Å². The quantitative estimate of drug-likeness (QED) is 0.881. The molecule has 18 heavy (non-hydrogen) atoms. The van der Waals surface area contributed by atoms with Crippen LogP contribution in [0.25, 0.3) is 0 Å². The topological polar surface area (TPSA) is 24.9 Å². The van der Waals surface area contributed by atoms with Gasteiger partial charge in [-0.25, -0.2) is 0 Å². The third-order valence-corrected chi connectivity index (χ3v) is 3.69. The second kappa shape index (κ2) is 5.26. The first kappa shape index (κ1) is 13.3. The molecule has 1 aliphatic heterocycles. The first-order valence-electron chi connectivity index (χ1n) is 6.23. The Morgan fingerprint density at radius 2 is 2.00 bits per heavy atom. The smallest absolute Gasteiger partial charge is 0.317 e. The molecule has 0 radical (unpaired) electrons. The summed E-state index contributed by atoms with van der Waals surface area (Å²) in [4.78, 5) is 3.53. The van der Waals surface area contributed by atoms with Gasteiger partial charge < -0.3 is 5.32 Å². The maximum atomic E-state index is 12.9. The van der Waals surface area contributed by atoms with Crippen molar-refractivity contribution >= 4 is 0 Å². The van der Waals surface area contributed by atoms with Crippen molar-refractivity contribution in [1.29, 1.82) is 0 Å². The molecule has 1 N–H and O–H groups in total. The van der Waals surface area contributed by atoms with Crippen molar-refractivity contribution < 1.29 is 13.2 Å². The van der Waals surface area contributed by atoms with Crippen LogP contribution >= 0.6 is 0 Å². The van der Waals surface area contributed by atoms with Crippen LogP contribution in [-0.4, -0.2) is 18.1 Å². The predicted octanol–water partition coefficient (Wildman–Crippen LogP) is 3.20. The van der Waals surface area contributed by atoms with E-state index in [1.807, 2.05) is 6.92 Å². The molecular formula is C13H17F3N2. The lowest BCUT2D eigenvalue weighted by atomic mass is 9.81. The van der Waals surface area contributed by atoms with Crippen molar-refractivity contribution in [2.24, 2.45) is 5.92 Å². The minimum atomic E-state index is -4.36. The van der Waals surface area contributed by atoms with Gasteiger partial charge in [0.1, 0.15) is 5.69 Å². The molecule has 1 atom stereocenters. The molecule has 1 saturated heterocycles. The van der Waals surface area contributed by atoms with Gasteiger partial charge in [-0.05, 0) is 49.4 Å². The van der Waals surface area contributed by atoms with Crippen molar-refractivity contribution in [2.75, 3.05) is 13.1 Å². The summed E-state index contributed by atoms with van der Waals surface area (Å²) in [7, 11) is 0. The largest absolute Gasteiger partial charge is 0.433 e. The van der Waals surface area contributed by atoms with Gasteiger partial charge in [0, 0.05) is 6.20 Å². The number of rotatable bonds is 2. The number of nitrogens with zero attached hydrogens (tertiary/aromatic N) is 1. The molecule has 1 fully saturated rings. The zero-order valence-corrected chi connectivity index (χ0v) is 10.3. The van der Waals surface area contributed by atoms with Gasteiger partial charge >= 0.3 is 6.18 Å². The third kappa shape index (κ3) is 2.83. The van der Waals surface area contributed by atoms with Crippen LogP contribution in [0.4, 0.5) is 13.2 Å². The van der Waals surface area contributed by atoms with E-state index in [9.17, 15) is 13.2 Å². The summed E-state index contributed by atoms with van der Waals surface area (Å²) in [5.74, 6) is 0.203. The minimum Gasteiger partial charge on any atom is -0.317 e. The third-order valence-electron chi connectivity index (χ3n) is 3.69. The Morgan fingerprint density at radius 3 is 2.61 bits per heavy atom. The van der Waals surface area contributed by atoms with Crippen LogP contribution < -0.4 is 5.32 Å². The lowest BCUT2D eigenvalue weighted by molar-refractivity contribution is -0.142. The molecule has 1 aliphatic rings. The molecule has 2 nitrogen and oxygen atoms in total. The van der Waals surface area contributed by atoms with Crippen molar-refractivity contribution in [3.63, 3.8) is 0 Å². The average Bonchev–Trinajstić information content (AvgIpc) is 2.38. The normalized spacial score (nSPS) is 19.8. The summed E-state index contributed by atoms with van der Waals surface area (Å²) in [5, 5.41) is 3.23. The van der Waals surface area contributed by atoms with Gasteiger partial charge in [0.2, 0.25) is 0 Å². The molecule has 1 unspecified atom stereocenters. The Balaban J connectivity index is 2.26. The highest BCUT2D eigenvalue weighted by atomic mass is 19.4. The number of pyridine rings is 1. The molecule has 2 rings (SSSR count). The number of aromatic nitrogens is 1. The fraction of sp³-hybridized carbons (Fsp3) is 0.615. The van der Waals surface area contributed by atoms with E-state index in [0.717, 1.165) is 25.9 Å². The standard InChI is InChI=1S/C13H17F3N2/c1-9(10-4-7-17-8-5-10)11-3-2-6-18-12(11)13(14,15)16/h2-3,6,9-10,17H,4-5,7-8H2,1H3. The highest BCUT2D eigenvalue weighted by Crippen LogP contribution is 2.38. The minimum absolute atomic E-state index is 0.0996. The summed E-state index contributed by atoms with van der Waals surface area (Å²) >= 11 is 0. The Labute approximate surface area is 105 Å². The van der Waals surface area contributed by atoms with Gasteiger partial charge in [0.05, 0.1) is 0 Å². The first-order chi connectivity index (χ1) is 8.50. The molecule has 0 saturated carbocycles. The number of hydrogen-bond donors (Lipinski definition) is 1. The van der Waals surface area contributed by atoms with Crippen molar-refractivity contribution in [2.45, 2.75) is 31.9 Å². The zero-order valence-electron chi connectivity index (χ0n) is 10.3. The Hall–Kier alpha value is -1.10. The molecular weight excluding hydrogens is 241 g/mol. The van der Waals surface area contributed by atoms with Crippen LogP contribution in [-0.2, 0) is 6.18 Å². The number of nitrogens with one attached hydrogen (secondary N) is 1. The van der Waals surface area contributed by atoms with Crippen LogP contribution in [0.1, 0.15) is 36.9 Å². The van der Waals surface area contributed by atoms with Crippen LogP contribution in [0.5, 0.6) is 0 Å². The Kier molecular flexibility index (Phi) is 3.90. The molecule has 1 aromatic heterocycles. The molecule has 0 aliphatic carbocycles. The SMILES string of the molecule is CC(c1cccnc1C(F)(F)F)C1CCNCC1. The van der Waals surface area contributed by atoms with Gasteiger partial charge in [-0.1, -0.05) is 13.0 Å². The summed E-state index contributed by atoms with van der Waals surface area (Å²) in [6, 6.07) is 3.14. The lowest BCUT2D eigenvalue weighted by Gasteiger charge is -2.29. The summed E-state index contributed by atoms with van der Waals surface area (Å²) in [6.07, 6.45) is -1.31. The molecule has 1 aromatic rings. The number of hydrogen-bond acceptors (Lipinski definition) is 2. The molecule has 0 bridgehead atoms. The van der Waals surface area contributed by atoms with Gasteiger partial charge in [0.15, 0.2) is 0 Å². The maximum absolute atomic E-state index is 12.9. The van der Waals surface area contributed by atoms with Crippen LogP contribution in [0.15, 0.2) is 18.3 Å². The highest BCUT2D eigenvalue weighted by molar-refractivity contribution is 5.26. The van der Waals surface area contributed by atoms with Gasteiger partial charge in [-0.15, -0.1) is 0 Å². The zero-order chi connectivity index (χ0) is 13.2. The van der Waals surface area contributed by atoms with E-state index in [-0.39, 0.29) is 5.92 Å². The van der Waals surface area contributed by atoms with Crippen molar-refractivity contribution in [3.8, 4) is 0 Å². The Morgan fingerprint density at radius 1 is 1.33 bits per heavy atom. The molecule has 0 aromatic carbocycles. The van der Waals surface area contributed by atoms with Gasteiger partial charge in [-0.3, -0.25) is 4.98 Å². The number of piperidine rings is 1. The monoisotopic (exact) mass is 258 g/mol. The molecule has 2 heterocycles. The molecule has 0 amide bonds. The molecule has 0 spiro atoms. The number of alkyl halides is 3. The van der Waals surface area contributed by atoms with Crippen molar-refractivity contribution in [1.82, 2.24) is 10.3 Å². The average molecular weight is 258 g/mol. The van der Waals surface area contributed by atoms with Crippen LogP contribution in [0, 0.1) is 5.92 Å². The van der Waals surface area contributed by atoms with E-state index in [1.165, 1.54) is 6.20 Å². The Bertz CT molecular complexity index is 397. The van der Waals surface area contributed by atoms with E-state index in [4.69, 9.17) is 0 Å². The fourth-order valence-electron chi connectivity index (χ4n) is 2.62. The predicted molar refractivity (Wildman–Crippen MR) is 63.2 cm³/mol. The lowest BCUT2D eigenvalue weighted by Crippen LogP contribution is -2.30. The van der Waals surface area contributed by atoms with Gasteiger partial charge in [-0.2, -0.15) is 13.2 Å². The maximum Gasteiger partial charge on any atom is 0.433 e. The first-order valence-corrected chi connectivity index (χ1v) is 6.23. The second-order valence-corrected chi connectivity index (χ2v) is 4.82. The van der Waals surface area contributed by atoms with E-state index in [2.05, 4.69) is 10.3 Å². The molecule has 5 heteroatoms. The van der Waals surface area contributed by atoms with E-state index >= 15 is 0 Å². The second-order valence-electron chi connectivity index (χ2n) is 4.82. The van der Waals surface area contributed by atoms with Gasteiger partial charge in [0.25, 0.3) is 0 Å². The highest BCUT2D eigenvalue weighted by Gasteiger charge is 2.37. The van der Waals surface area contributed by atoms with E-state index in [1.54, 1.807) is 12.1 Å². The molecule has 100 valence electrons. The summed E-state index contributed by atoms with van der Waals surface area (Å²) in [5.41, 5.74) is -0.395. The van der Waals surface area contributed by atoms with Crippen LogP contribution in [0.3, 0.4) is 0 Å². The van der Waals surface area contributed by atoms with Crippen molar-refractivity contribution in [3.05, 3.63) is 29.6 Å². The number of halogens is 3. The van der Waals surface area contributed by atoms with E-state index in [0.29, 0.717) is 11.5 Å². The summed E-state index contributed by atoms with van der Waals surface area (Å²) < 4.78 is 38.7. The fourth-order valence-corrected chi connectivity index (χ4v) is 2.62.